The number of nitriles is 1. The summed E-state index contributed by atoms with van der Waals surface area (Å²) in [6.45, 7) is 6.56. The van der Waals surface area contributed by atoms with E-state index in [-0.39, 0.29) is 12.5 Å². The number of rotatable bonds is 6. The second-order valence-corrected chi connectivity index (χ2v) is 8.88. The van der Waals surface area contributed by atoms with E-state index in [0.29, 0.717) is 23.7 Å². The molecular weight excluding hydrogens is 394 g/mol. The molecule has 1 aromatic carbocycles. The highest BCUT2D eigenvalue weighted by atomic mass is 16.5. The van der Waals surface area contributed by atoms with Gasteiger partial charge in [0.2, 0.25) is 5.91 Å². The van der Waals surface area contributed by atoms with Crippen LogP contribution >= 0.6 is 0 Å². The molecule has 1 fully saturated rings. The summed E-state index contributed by atoms with van der Waals surface area (Å²) in [6.07, 6.45) is 4.71. The Labute approximate surface area is 181 Å². The van der Waals surface area contributed by atoms with Gasteiger partial charge in [-0.15, -0.1) is 0 Å². The number of hydrogen-bond donors (Lipinski definition) is 2. The molecule has 0 saturated carbocycles. The van der Waals surface area contributed by atoms with E-state index in [4.69, 9.17) is 4.74 Å². The summed E-state index contributed by atoms with van der Waals surface area (Å²) < 4.78 is 5.79. The summed E-state index contributed by atoms with van der Waals surface area (Å²) in [5.74, 6) is 1.22. The highest BCUT2D eigenvalue weighted by molar-refractivity contribution is 6.06. The monoisotopic (exact) mass is 421 g/mol. The van der Waals surface area contributed by atoms with Gasteiger partial charge in [-0.3, -0.25) is 9.69 Å². The van der Waals surface area contributed by atoms with Crippen molar-refractivity contribution < 1.29 is 14.6 Å². The minimum absolute atomic E-state index is 0.0238. The number of aromatic nitrogens is 2. The molecule has 2 aliphatic heterocycles. The van der Waals surface area contributed by atoms with Gasteiger partial charge in [-0.2, -0.15) is 5.26 Å². The standard InChI is InChI=1S/C23H27N5O3/c1-22(2,15-29)20-25-13-17(14-26-20)31-10-9-28-7-5-23(6-8-28)18-11-16(12-24)3-4-19(18)27-21(23)30/h3-4,11,13-14,29H,5-10,15H2,1-2H3,(H,27,30). The molecule has 0 bridgehead atoms. The number of amides is 1. The van der Waals surface area contributed by atoms with Gasteiger partial charge in [0.25, 0.3) is 0 Å². The average Bonchev–Trinajstić information content (AvgIpc) is 3.06. The molecule has 1 saturated heterocycles. The number of fused-ring (bicyclic) bond motifs is 2. The maximum absolute atomic E-state index is 12.8. The second kappa shape index (κ2) is 8.25. The lowest BCUT2D eigenvalue weighted by Gasteiger charge is -2.37. The number of ether oxygens (including phenoxy) is 1. The fraction of sp³-hybridized carbons (Fsp3) is 0.478. The van der Waals surface area contributed by atoms with Crippen LogP contribution in [-0.2, 0) is 15.6 Å². The van der Waals surface area contributed by atoms with E-state index in [1.165, 1.54) is 0 Å². The Hall–Kier alpha value is -3.02. The van der Waals surface area contributed by atoms with Gasteiger partial charge in [0.15, 0.2) is 5.75 Å². The van der Waals surface area contributed by atoms with Crippen LogP contribution in [0.1, 0.15) is 43.6 Å². The Kier molecular flexibility index (Phi) is 5.65. The van der Waals surface area contributed by atoms with Crippen LogP contribution in [0.4, 0.5) is 5.69 Å². The number of carbonyl (C=O) groups is 1. The molecule has 0 atom stereocenters. The first-order valence-corrected chi connectivity index (χ1v) is 10.5. The summed E-state index contributed by atoms with van der Waals surface area (Å²) in [5.41, 5.74) is 1.34. The lowest BCUT2D eigenvalue weighted by Crippen LogP contribution is -2.47. The zero-order valence-corrected chi connectivity index (χ0v) is 17.9. The third-order valence-corrected chi connectivity index (χ3v) is 6.36. The third kappa shape index (κ3) is 3.99. The summed E-state index contributed by atoms with van der Waals surface area (Å²) in [5, 5.41) is 21.6. The SMILES string of the molecule is CC(C)(CO)c1ncc(OCCN2CCC3(CC2)C(=O)Nc2ccc(C#N)cc23)cn1. The first-order valence-electron chi connectivity index (χ1n) is 10.5. The van der Waals surface area contributed by atoms with Crippen LogP contribution in [0, 0.1) is 11.3 Å². The molecule has 31 heavy (non-hydrogen) atoms. The molecule has 2 aliphatic rings. The minimum atomic E-state index is -0.539. The number of hydrogen-bond acceptors (Lipinski definition) is 7. The molecule has 2 N–H and O–H groups in total. The Morgan fingerprint density at radius 3 is 2.65 bits per heavy atom. The maximum Gasteiger partial charge on any atom is 0.235 e. The highest BCUT2D eigenvalue weighted by Gasteiger charge is 2.48. The van der Waals surface area contributed by atoms with Gasteiger partial charge in [0.05, 0.1) is 36.0 Å². The average molecular weight is 422 g/mol. The number of aliphatic hydroxyl groups is 1. The molecule has 0 unspecified atom stereocenters. The molecule has 162 valence electrons. The molecule has 1 amide bonds. The van der Waals surface area contributed by atoms with E-state index in [1.54, 1.807) is 18.5 Å². The van der Waals surface area contributed by atoms with E-state index in [1.807, 2.05) is 26.0 Å². The zero-order chi connectivity index (χ0) is 22.1. The zero-order valence-electron chi connectivity index (χ0n) is 17.9. The first-order chi connectivity index (χ1) is 14.9. The van der Waals surface area contributed by atoms with E-state index < -0.39 is 10.8 Å². The van der Waals surface area contributed by atoms with Gasteiger partial charge in [-0.25, -0.2) is 9.97 Å². The van der Waals surface area contributed by atoms with Crippen LogP contribution in [0.15, 0.2) is 30.6 Å². The molecule has 1 spiro atoms. The number of benzene rings is 1. The van der Waals surface area contributed by atoms with Crippen molar-refractivity contribution in [1.82, 2.24) is 14.9 Å². The Bertz CT molecular complexity index is 1000. The summed E-state index contributed by atoms with van der Waals surface area (Å²) in [4.78, 5) is 23.7. The van der Waals surface area contributed by atoms with Crippen molar-refractivity contribution in [1.29, 1.82) is 5.26 Å². The highest BCUT2D eigenvalue weighted by Crippen LogP contribution is 2.45. The number of likely N-dealkylation sites (tertiary alicyclic amines) is 1. The number of aliphatic hydroxyl groups excluding tert-OH is 1. The van der Waals surface area contributed by atoms with Gasteiger partial charge in [0, 0.05) is 17.6 Å². The molecule has 8 heteroatoms. The van der Waals surface area contributed by atoms with Crippen LogP contribution in [-0.4, -0.2) is 58.7 Å². The normalized spacial score (nSPS) is 17.8. The van der Waals surface area contributed by atoms with Gasteiger partial charge in [-0.1, -0.05) is 13.8 Å². The van der Waals surface area contributed by atoms with Crippen molar-refractivity contribution in [3.63, 3.8) is 0 Å². The van der Waals surface area contributed by atoms with Crippen molar-refractivity contribution in [2.45, 2.75) is 37.5 Å². The smallest absolute Gasteiger partial charge is 0.235 e. The molecule has 0 aliphatic carbocycles. The predicted octanol–water partition coefficient (Wildman–Crippen LogP) is 1.98. The number of carbonyl (C=O) groups excluding carboxylic acids is 1. The van der Waals surface area contributed by atoms with Gasteiger partial charge < -0.3 is 15.2 Å². The van der Waals surface area contributed by atoms with E-state index in [9.17, 15) is 15.2 Å². The molecule has 2 aromatic rings. The molecular formula is C23H27N5O3. The van der Waals surface area contributed by atoms with E-state index in [0.717, 1.165) is 43.7 Å². The van der Waals surface area contributed by atoms with Crippen LogP contribution < -0.4 is 10.1 Å². The van der Waals surface area contributed by atoms with Gasteiger partial charge in [-0.05, 0) is 49.7 Å². The number of nitrogens with zero attached hydrogens (tertiary/aromatic N) is 4. The quantitative estimate of drug-likeness (QED) is 0.734. The second-order valence-electron chi connectivity index (χ2n) is 8.88. The molecule has 3 heterocycles. The Balaban J connectivity index is 1.32. The minimum Gasteiger partial charge on any atom is -0.489 e. The Morgan fingerprint density at radius 1 is 1.29 bits per heavy atom. The fourth-order valence-electron chi connectivity index (χ4n) is 4.24. The van der Waals surface area contributed by atoms with Crippen molar-refractivity contribution >= 4 is 11.6 Å². The first kappa shape index (κ1) is 21.2. The topological polar surface area (TPSA) is 111 Å². The van der Waals surface area contributed by atoms with Crippen molar-refractivity contribution in [3.8, 4) is 11.8 Å². The lowest BCUT2D eigenvalue weighted by molar-refractivity contribution is -0.122. The molecule has 0 radical (unpaired) electrons. The van der Waals surface area contributed by atoms with Crippen LogP contribution in [0.2, 0.25) is 0 Å². The van der Waals surface area contributed by atoms with Crippen LogP contribution in [0.3, 0.4) is 0 Å². The third-order valence-electron chi connectivity index (χ3n) is 6.36. The fourth-order valence-corrected chi connectivity index (χ4v) is 4.24. The van der Waals surface area contributed by atoms with Gasteiger partial charge in [0.1, 0.15) is 12.4 Å². The van der Waals surface area contributed by atoms with Crippen molar-refractivity contribution in [3.05, 3.63) is 47.5 Å². The number of nitrogens with one attached hydrogen (secondary N) is 1. The maximum atomic E-state index is 12.8. The number of anilines is 1. The largest absolute Gasteiger partial charge is 0.489 e. The summed E-state index contributed by atoms with van der Waals surface area (Å²) in [7, 11) is 0. The lowest BCUT2D eigenvalue weighted by atomic mass is 9.73. The van der Waals surface area contributed by atoms with E-state index in [2.05, 4.69) is 26.3 Å². The Morgan fingerprint density at radius 2 is 2.00 bits per heavy atom. The van der Waals surface area contributed by atoms with Crippen LogP contribution in [0.5, 0.6) is 5.75 Å². The number of piperidine rings is 1. The molecule has 8 nitrogen and oxygen atoms in total. The molecule has 1 aromatic heterocycles. The van der Waals surface area contributed by atoms with Crippen LogP contribution in [0.25, 0.3) is 0 Å². The molecule has 4 rings (SSSR count). The summed E-state index contributed by atoms with van der Waals surface area (Å²) >= 11 is 0. The predicted molar refractivity (Wildman–Crippen MR) is 115 cm³/mol. The van der Waals surface area contributed by atoms with Crippen molar-refractivity contribution in [2.24, 2.45) is 0 Å². The van der Waals surface area contributed by atoms with E-state index >= 15 is 0 Å². The van der Waals surface area contributed by atoms with Gasteiger partial charge >= 0.3 is 0 Å². The van der Waals surface area contributed by atoms with Crippen molar-refractivity contribution in [2.75, 3.05) is 38.2 Å². The summed E-state index contributed by atoms with van der Waals surface area (Å²) in [6, 6.07) is 7.60.